The lowest BCUT2D eigenvalue weighted by Crippen LogP contribution is -2.19. The third-order valence-electron chi connectivity index (χ3n) is 1.31. The fourth-order valence-corrected chi connectivity index (χ4v) is 0.962. The maximum Gasteiger partial charge on any atom is 0.130 e. The summed E-state index contributed by atoms with van der Waals surface area (Å²) in [5.74, 6) is 0. The normalized spacial score (nSPS) is 10.2. The third-order valence-corrected chi connectivity index (χ3v) is 1.61. The van der Waals surface area contributed by atoms with Crippen molar-refractivity contribution in [3.05, 3.63) is 0 Å². The first-order valence-corrected chi connectivity index (χ1v) is 4.60. The first kappa shape index (κ1) is 11.2. The summed E-state index contributed by atoms with van der Waals surface area (Å²) in [6.45, 7) is 2.08. The molecule has 0 amide bonds. The standard InChI is InChI=1S/C7H16N2S2/c1-9(2)6-4-3-5-8-7(10)11/h3-6H2,1-2H3,(H2,8,10,11). The Labute approximate surface area is 79.8 Å². The van der Waals surface area contributed by atoms with E-state index in [1.54, 1.807) is 0 Å². The van der Waals surface area contributed by atoms with E-state index in [0.717, 1.165) is 19.5 Å². The molecule has 0 aliphatic rings. The smallest absolute Gasteiger partial charge is 0.130 e. The van der Waals surface area contributed by atoms with Crippen LogP contribution in [-0.2, 0) is 0 Å². The monoisotopic (exact) mass is 192 g/mol. The molecule has 0 saturated heterocycles. The van der Waals surface area contributed by atoms with Gasteiger partial charge in [-0.3, -0.25) is 0 Å². The van der Waals surface area contributed by atoms with E-state index >= 15 is 0 Å². The van der Waals surface area contributed by atoms with Crippen LogP contribution in [0.1, 0.15) is 12.8 Å². The van der Waals surface area contributed by atoms with E-state index in [0.29, 0.717) is 4.32 Å². The van der Waals surface area contributed by atoms with Crippen LogP contribution in [0.5, 0.6) is 0 Å². The number of hydrogen-bond acceptors (Lipinski definition) is 2. The molecule has 1 N–H and O–H groups in total. The van der Waals surface area contributed by atoms with Crippen molar-refractivity contribution < 1.29 is 0 Å². The molecule has 0 aromatic heterocycles. The molecule has 0 rings (SSSR count). The molecule has 0 atom stereocenters. The van der Waals surface area contributed by atoms with E-state index < -0.39 is 0 Å². The summed E-state index contributed by atoms with van der Waals surface area (Å²) in [5.41, 5.74) is 0. The molecule has 0 unspecified atom stereocenters. The van der Waals surface area contributed by atoms with E-state index in [-0.39, 0.29) is 0 Å². The predicted molar refractivity (Wildman–Crippen MR) is 57.4 cm³/mol. The van der Waals surface area contributed by atoms with Gasteiger partial charge in [0, 0.05) is 6.54 Å². The second kappa shape index (κ2) is 6.88. The highest BCUT2D eigenvalue weighted by molar-refractivity contribution is 8.11. The van der Waals surface area contributed by atoms with Gasteiger partial charge < -0.3 is 10.2 Å². The molecule has 4 heteroatoms. The summed E-state index contributed by atoms with van der Waals surface area (Å²) in [6, 6.07) is 0. The molecule has 0 aromatic rings. The number of rotatable bonds is 5. The van der Waals surface area contributed by atoms with Crippen LogP contribution in [0.3, 0.4) is 0 Å². The molecule has 0 saturated carbocycles. The highest BCUT2D eigenvalue weighted by atomic mass is 32.1. The molecule has 0 aromatic carbocycles. The van der Waals surface area contributed by atoms with Gasteiger partial charge in [0.05, 0.1) is 0 Å². The number of thiol groups is 1. The first-order chi connectivity index (χ1) is 5.13. The van der Waals surface area contributed by atoms with Crippen molar-refractivity contribution in [2.75, 3.05) is 27.2 Å². The number of nitrogens with zero attached hydrogens (tertiary/aromatic N) is 1. The van der Waals surface area contributed by atoms with Gasteiger partial charge in [-0.15, -0.1) is 12.6 Å². The van der Waals surface area contributed by atoms with E-state index in [1.807, 2.05) is 0 Å². The van der Waals surface area contributed by atoms with E-state index in [9.17, 15) is 0 Å². The minimum Gasteiger partial charge on any atom is -0.371 e. The highest BCUT2D eigenvalue weighted by Gasteiger charge is 1.90. The Morgan fingerprint density at radius 2 is 2.09 bits per heavy atom. The maximum absolute atomic E-state index is 4.74. The van der Waals surface area contributed by atoms with Gasteiger partial charge in [0.25, 0.3) is 0 Å². The van der Waals surface area contributed by atoms with Gasteiger partial charge >= 0.3 is 0 Å². The van der Waals surface area contributed by atoms with Crippen molar-refractivity contribution in [3.8, 4) is 0 Å². The second-order valence-corrected chi connectivity index (χ2v) is 3.90. The number of thiocarbonyl (C=S) groups is 1. The summed E-state index contributed by atoms with van der Waals surface area (Å²) in [7, 11) is 4.16. The Morgan fingerprint density at radius 3 is 2.55 bits per heavy atom. The van der Waals surface area contributed by atoms with Crippen LogP contribution in [0, 0.1) is 0 Å². The quantitative estimate of drug-likeness (QED) is 0.386. The van der Waals surface area contributed by atoms with Crippen LogP contribution in [0.15, 0.2) is 0 Å². The van der Waals surface area contributed by atoms with E-state index in [2.05, 4.69) is 36.9 Å². The van der Waals surface area contributed by atoms with E-state index in [4.69, 9.17) is 12.2 Å². The average molecular weight is 192 g/mol. The molecule has 11 heavy (non-hydrogen) atoms. The molecule has 0 bridgehead atoms. The zero-order valence-electron chi connectivity index (χ0n) is 7.13. The molecule has 0 radical (unpaired) electrons. The summed E-state index contributed by atoms with van der Waals surface area (Å²) < 4.78 is 0.592. The summed E-state index contributed by atoms with van der Waals surface area (Å²) in [5, 5.41) is 3.00. The SMILES string of the molecule is CN(C)CCCCNC(=S)S. The summed E-state index contributed by atoms with van der Waals surface area (Å²) in [6.07, 6.45) is 2.36. The van der Waals surface area contributed by atoms with Crippen molar-refractivity contribution >= 4 is 29.2 Å². The zero-order valence-corrected chi connectivity index (χ0v) is 8.84. The zero-order chi connectivity index (χ0) is 8.69. The fourth-order valence-electron chi connectivity index (χ4n) is 0.748. The maximum atomic E-state index is 4.74. The Morgan fingerprint density at radius 1 is 1.45 bits per heavy atom. The molecule has 66 valence electrons. The minimum atomic E-state index is 0.592. The Balaban J connectivity index is 2.97. The molecule has 2 nitrogen and oxygen atoms in total. The van der Waals surface area contributed by atoms with E-state index in [1.165, 1.54) is 6.42 Å². The lowest BCUT2D eigenvalue weighted by atomic mass is 10.3. The fraction of sp³-hybridized carbons (Fsp3) is 0.857. The molecule has 0 fully saturated rings. The Kier molecular flexibility index (Phi) is 7.01. The predicted octanol–water partition coefficient (Wildman–Crippen LogP) is 1.13. The lowest BCUT2D eigenvalue weighted by Gasteiger charge is -2.08. The number of unbranched alkanes of at least 4 members (excludes halogenated alkanes) is 1. The van der Waals surface area contributed by atoms with Gasteiger partial charge in [0.15, 0.2) is 0 Å². The highest BCUT2D eigenvalue weighted by Crippen LogP contribution is 1.89. The van der Waals surface area contributed by atoms with Crippen LogP contribution in [0.25, 0.3) is 0 Å². The van der Waals surface area contributed by atoms with Crippen LogP contribution >= 0.6 is 24.8 Å². The average Bonchev–Trinajstić information content (AvgIpc) is 1.85. The molecular weight excluding hydrogens is 176 g/mol. The van der Waals surface area contributed by atoms with Crippen LogP contribution in [-0.4, -0.2) is 36.4 Å². The topological polar surface area (TPSA) is 15.3 Å². The van der Waals surface area contributed by atoms with Crippen molar-refractivity contribution in [2.45, 2.75) is 12.8 Å². The van der Waals surface area contributed by atoms with Gasteiger partial charge in [-0.1, -0.05) is 12.2 Å². The Bertz CT molecular complexity index is 115. The summed E-state index contributed by atoms with van der Waals surface area (Å²) in [4.78, 5) is 2.18. The molecule has 0 aliphatic carbocycles. The van der Waals surface area contributed by atoms with Gasteiger partial charge in [0.2, 0.25) is 0 Å². The van der Waals surface area contributed by atoms with Gasteiger partial charge in [0.1, 0.15) is 4.32 Å². The molecule has 0 aliphatic heterocycles. The number of nitrogens with one attached hydrogen (secondary N) is 1. The van der Waals surface area contributed by atoms with Crippen molar-refractivity contribution in [3.63, 3.8) is 0 Å². The van der Waals surface area contributed by atoms with Crippen LogP contribution < -0.4 is 5.32 Å². The van der Waals surface area contributed by atoms with Crippen molar-refractivity contribution in [1.82, 2.24) is 10.2 Å². The van der Waals surface area contributed by atoms with Gasteiger partial charge in [-0.25, -0.2) is 0 Å². The molecule has 0 spiro atoms. The van der Waals surface area contributed by atoms with Gasteiger partial charge in [-0.2, -0.15) is 0 Å². The Hall–Kier alpha value is 0.200. The molecular formula is C7H16N2S2. The van der Waals surface area contributed by atoms with Gasteiger partial charge in [-0.05, 0) is 33.5 Å². The largest absolute Gasteiger partial charge is 0.371 e. The van der Waals surface area contributed by atoms with Crippen LogP contribution in [0.2, 0.25) is 0 Å². The third kappa shape index (κ3) is 10.2. The van der Waals surface area contributed by atoms with Crippen molar-refractivity contribution in [1.29, 1.82) is 0 Å². The lowest BCUT2D eigenvalue weighted by molar-refractivity contribution is 0.394. The van der Waals surface area contributed by atoms with Crippen LogP contribution in [0.4, 0.5) is 0 Å². The molecule has 0 heterocycles. The first-order valence-electron chi connectivity index (χ1n) is 3.74. The second-order valence-electron chi connectivity index (χ2n) is 2.74. The summed E-state index contributed by atoms with van der Waals surface area (Å²) >= 11 is 8.69. The number of hydrogen-bond donors (Lipinski definition) is 2. The minimum absolute atomic E-state index is 0.592. The van der Waals surface area contributed by atoms with Crippen molar-refractivity contribution in [2.24, 2.45) is 0 Å².